The van der Waals surface area contributed by atoms with Crippen LogP contribution in [0, 0.1) is 17.0 Å². The van der Waals surface area contributed by atoms with E-state index in [1.54, 1.807) is 19.1 Å². The van der Waals surface area contributed by atoms with Crippen molar-refractivity contribution < 1.29 is 14.1 Å². The normalized spacial score (nSPS) is 10.8. The Morgan fingerprint density at radius 2 is 1.48 bits per heavy atom. The van der Waals surface area contributed by atoms with Crippen molar-refractivity contribution in [2.24, 2.45) is 0 Å². The Kier molecular flexibility index (Phi) is 6.00. The number of hydrogen-bond donors (Lipinski definition) is 0. The van der Waals surface area contributed by atoms with Gasteiger partial charge in [0.15, 0.2) is 0 Å². The first-order valence-electron chi connectivity index (χ1n) is 8.53. The van der Waals surface area contributed by atoms with Gasteiger partial charge in [0.1, 0.15) is 5.75 Å². The largest absolute Gasteiger partial charge is 0.496 e. The molecular weight excluding hydrogens is 358 g/mol. The maximum Gasteiger partial charge on any atom is 0.283 e. The minimum atomic E-state index is -1.52. The molecule has 0 atom stereocenters. The Bertz CT molecular complexity index is 877. The van der Waals surface area contributed by atoms with Crippen molar-refractivity contribution in [3.05, 3.63) is 94.0 Å². The van der Waals surface area contributed by atoms with E-state index in [4.69, 9.17) is 9.16 Å². The van der Waals surface area contributed by atoms with Crippen LogP contribution in [-0.4, -0.2) is 21.1 Å². The van der Waals surface area contributed by atoms with Crippen LogP contribution in [0.25, 0.3) is 0 Å². The zero-order valence-corrected chi connectivity index (χ0v) is 16.2. The predicted octanol–water partition coefficient (Wildman–Crippen LogP) is 3.23. The summed E-state index contributed by atoms with van der Waals surface area (Å²) in [5.74, 6) is 0.502. The van der Waals surface area contributed by atoms with Gasteiger partial charge in [-0.25, -0.2) is 0 Å². The first-order chi connectivity index (χ1) is 13.1. The topological polar surface area (TPSA) is 61.6 Å². The molecule has 0 bridgehead atoms. The summed E-state index contributed by atoms with van der Waals surface area (Å²) in [7, 11) is -0.0131. The van der Waals surface area contributed by atoms with Crippen molar-refractivity contribution in [1.29, 1.82) is 0 Å². The molecule has 0 heterocycles. The molecular formula is C21H20NO4Si. The lowest BCUT2D eigenvalue weighted by atomic mass is 10.1. The molecule has 0 fully saturated rings. The molecule has 3 aromatic rings. The molecule has 1 radical (unpaired) electrons. The van der Waals surface area contributed by atoms with Gasteiger partial charge in [-0.05, 0) is 29.4 Å². The molecule has 5 nitrogen and oxygen atoms in total. The van der Waals surface area contributed by atoms with Crippen molar-refractivity contribution in [2.45, 2.75) is 13.5 Å². The predicted molar refractivity (Wildman–Crippen MR) is 107 cm³/mol. The Morgan fingerprint density at radius 3 is 1.96 bits per heavy atom. The standard InChI is InChI=1S/C21H20NO4Si/c1-16-20(25-2)14-13-17(21(16)22(23)24)15-26-27(18-9-5-3-6-10-18)19-11-7-4-8-12-19/h3-14H,15H2,1-2H3. The third kappa shape index (κ3) is 4.24. The molecule has 3 rings (SSSR count). The van der Waals surface area contributed by atoms with E-state index in [1.165, 1.54) is 7.11 Å². The van der Waals surface area contributed by atoms with E-state index in [0.717, 1.165) is 10.4 Å². The fraction of sp³-hybridized carbons (Fsp3) is 0.143. The number of ether oxygens (including phenoxy) is 1. The first-order valence-corrected chi connectivity index (χ1v) is 9.94. The molecule has 0 amide bonds. The van der Waals surface area contributed by atoms with Gasteiger partial charge in [-0.1, -0.05) is 60.7 Å². The molecule has 3 aromatic carbocycles. The van der Waals surface area contributed by atoms with Crippen molar-refractivity contribution in [3.8, 4) is 5.75 Å². The fourth-order valence-corrected chi connectivity index (χ4v) is 4.95. The van der Waals surface area contributed by atoms with Crippen LogP contribution in [0.3, 0.4) is 0 Å². The van der Waals surface area contributed by atoms with Crippen LogP contribution in [-0.2, 0) is 11.0 Å². The molecule has 0 unspecified atom stereocenters. The van der Waals surface area contributed by atoms with Crippen LogP contribution in [0.15, 0.2) is 72.8 Å². The SMILES string of the molecule is COc1ccc(CO[Si](c2ccccc2)c2ccccc2)c([N+](=O)[O-])c1C. The maximum atomic E-state index is 11.6. The molecule has 0 aromatic heterocycles. The minimum Gasteiger partial charge on any atom is -0.496 e. The Morgan fingerprint density at radius 1 is 0.926 bits per heavy atom. The number of rotatable bonds is 7. The van der Waals surface area contributed by atoms with Gasteiger partial charge in [0.2, 0.25) is 0 Å². The monoisotopic (exact) mass is 378 g/mol. The summed E-state index contributed by atoms with van der Waals surface area (Å²) >= 11 is 0. The van der Waals surface area contributed by atoms with Crippen LogP contribution in [0.1, 0.15) is 11.1 Å². The second-order valence-electron chi connectivity index (χ2n) is 6.01. The van der Waals surface area contributed by atoms with Gasteiger partial charge < -0.3 is 9.16 Å². The average molecular weight is 378 g/mol. The Balaban J connectivity index is 1.93. The zero-order valence-electron chi connectivity index (χ0n) is 15.2. The smallest absolute Gasteiger partial charge is 0.283 e. The molecule has 0 spiro atoms. The number of nitro benzene ring substituents is 1. The van der Waals surface area contributed by atoms with E-state index in [0.29, 0.717) is 16.9 Å². The number of methoxy groups -OCH3 is 1. The van der Waals surface area contributed by atoms with Gasteiger partial charge in [-0.15, -0.1) is 0 Å². The van der Waals surface area contributed by atoms with E-state index >= 15 is 0 Å². The summed E-state index contributed by atoms with van der Waals surface area (Å²) in [6.45, 7) is 1.86. The highest BCUT2D eigenvalue weighted by Gasteiger charge is 2.24. The lowest BCUT2D eigenvalue weighted by Gasteiger charge is -2.17. The molecule has 0 saturated heterocycles. The van der Waals surface area contributed by atoms with Crippen molar-refractivity contribution >= 4 is 25.1 Å². The quantitative estimate of drug-likeness (QED) is 0.360. The number of hydrogen-bond acceptors (Lipinski definition) is 4. The van der Waals surface area contributed by atoms with Gasteiger partial charge >= 0.3 is 0 Å². The Labute approximate surface area is 160 Å². The minimum absolute atomic E-state index is 0.0526. The zero-order chi connectivity index (χ0) is 19.2. The van der Waals surface area contributed by atoms with Crippen LogP contribution in [0.2, 0.25) is 0 Å². The number of benzene rings is 3. The summed E-state index contributed by atoms with van der Waals surface area (Å²) in [5, 5.41) is 13.8. The highest BCUT2D eigenvalue weighted by atomic mass is 28.3. The maximum absolute atomic E-state index is 11.6. The van der Waals surface area contributed by atoms with Gasteiger partial charge in [-0.3, -0.25) is 10.1 Å². The molecule has 0 N–H and O–H groups in total. The van der Waals surface area contributed by atoms with E-state index in [9.17, 15) is 10.1 Å². The number of nitrogens with zero attached hydrogens (tertiary/aromatic N) is 1. The molecule has 0 aliphatic heterocycles. The van der Waals surface area contributed by atoms with E-state index < -0.39 is 9.04 Å². The summed E-state index contributed by atoms with van der Waals surface area (Å²) < 4.78 is 11.5. The van der Waals surface area contributed by atoms with Crippen LogP contribution >= 0.6 is 0 Å². The lowest BCUT2D eigenvalue weighted by Crippen LogP contribution is -2.44. The van der Waals surface area contributed by atoms with Crippen molar-refractivity contribution in [3.63, 3.8) is 0 Å². The summed E-state index contributed by atoms with van der Waals surface area (Å²) in [4.78, 5) is 11.2. The molecule has 6 heteroatoms. The van der Waals surface area contributed by atoms with Gasteiger partial charge in [0, 0.05) is 0 Å². The Hall–Kier alpha value is -2.96. The van der Waals surface area contributed by atoms with Crippen molar-refractivity contribution in [2.75, 3.05) is 7.11 Å². The average Bonchev–Trinajstić information content (AvgIpc) is 2.69. The molecule has 0 saturated carbocycles. The summed E-state index contributed by atoms with van der Waals surface area (Å²) in [6.07, 6.45) is 0. The van der Waals surface area contributed by atoms with E-state index in [-0.39, 0.29) is 17.2 Å². The second kappa shape index (κ2) is 8.61. The highest BCUT2D eigenvalue weighted by molar-refractivity contribution is 6.80. The third-order valence-corrected chi connectivity index (χ3v) is 6.46. The summed E-state index contributed by atoms with van der Waals surface area (Å²) in [5.41, 5.74) is 1.11. The molecule has 27 heavy (non-hydrogen) atoms. The van der Waals surface area contributed by atoms with E-state index in [1.807, 2.05) is 60.7 Å². The fourth-order valence-electron chi connectivity index (χ4n) is 2.99. The number of nitro groups is 1. The van der Waals surface area contributed by atoms with Gasteiger partial charge in [0.05, 0.1) is 29.8 Å². The van der Waals surface area contributed by atoms with Crippen LogP contribution in [0.5, 0.6) is 5.75 Å². The van der Waals surface area contributed by atoms with E-state index in [2.05, 4.69) is 0 Å². The van der Waals surface area contributed by atoms with Crippen molar-refractivity contribution in [1.82, 2.24) is 0 Å². The van der Waals surface area contributed by atoms with Gasteiger partial charge in [0.25, 0.3) is 14.7 Å². The highest BCUT2D eigenvalue weighted by Crippen LogP contribution is 2.31. The second-order valence-corrected chi connectivity index (χ2v) is 8.11. The van der Waals surface area contributed by atoms with Crippen LogP contribution < -0.4 is 15.1 Å². The molecule has 0 aliphatic carbocycles. The summed E-state index contributed by atoms with van der Waals surface area (Å²) in [6, 6.07) is 23.4. The van der Waals surface area contributed by atoms with Gasteiger partial charge in [-0.2, -0.15) is 0 Å². The first kappa shape index (κ1) is 18.8. The van der Waals surface area contributed by atoms with Crippen LogP contribution in [0.4, 0.5) is 5.69 Å². The lowest BCUT2D eigenvalue weighted by molar-refractivity contribution is -0.386. The third-order valence-electron chi connectivity index (χ3n) is 4.31. The molecule has 137 valence electrons. The molecule has 0 aliphatic rings.